The summed E-state index contributed by atoms with van der Waals surface area (Å²) in [7, 11) is 1.63. The number of hydrazone groups is 1. The van der Waals surface area contributed by atoms with Crippen molar-refractivity contribution in [2.75, 3.05) is 12.4 Å². The molecule has 160 valence electrons. The first kappa shape index (κ1) is 19.5. The zero-order valence-corrected chi connectivity index (χ0v) is 18.4. The van der Waals surface area contributed by atoms with Crippen LogP contribution in [-0.4, -0.2) is 23.7 Å². The van der Waals surface area contributed by atoms with Crippen molar-refractivity contribution >= 4 is 40.5 Å². The van der Waals surface area contributed by atoms with Crippen LogP contribution in [0.15, 0.2) is 65.8 Å². The average Bonchev–Trinajstić information content (AvgIpc) is 3.36. The number of amides is 1. The molecule has 0 radical (unpaired) electrons. The maximum atomic E-state index is 13.4. The van der Waals surface area contributed by atoms with E-state index in [1.54, 1.807) is 42.5 Å². The van der Waals surface area contributed by atoms with E-state index in [9.17, 15) is 4.79 Å². The molecule has 32 heavy (non-hydrogen) atoms. The molecule has 0 aromatic heterocycles. The lowest BCUT2D eigenvalue weighted by molar-refractivity contribution is -0.161. The van der Waals surface area contributed by atoms with E-state index in [1.165, 1.54) is 0 Å². The number of nitrogens with one attached hydrogen (secondary N) is 1. The van der Waals surface area contributed by atoms with Crippen molar-refractivity contribution in [2.45, 2.75) is 18.2 Å². The number of fused-ring (bicyclic) bond motifs is 6. The Hall–Kier alpha value is -3.22. The fraction of sp³-hybridized carbons (Fsp3) is 0.167. The van der Waals surface area contributed by atoms with Gasteiger partial charge in [-0.25, -0.2) is 5.01 Å². The summed E-state index contributed by atoms with van der Waals surface area (Å²) in [5.74, 6) is 1.06. The molecule has 0 fully saturated rings. The first-order chi connectivity index (χ1) is 15.5. The van der Waals surface area contributed by atoms with Gasteiger partial charge in [0.25, 0.3) is 5.91 Å². The molecule has 3 aliphatic heterocycles. The van der Waals surface area contributed by atoms with Gasteiger partial charge in [-0.05, 0) is 66.2 Å². The molecular weight excluding hydrogens is 449 g/mol. The quantitative estimate of drug-likeness (QED) is 0.553. The van der Waals surface area contributed by atoms with Gasteiger partial charge in [0, 0.05) is 22.0 Å². The van der Waals surface area contributed by atoms with E-state index in [1.807, 2.05) is 30.3 Å². The van der Waals surface area contributed by atoms with Crippen LogP contribution < -0.4 is 14.8 Å². The maximum absolute atomic E-state index is 13.4. The summed E-state index contributed by atoms with van der Waals surface area (Å²) < 4.78 is 11.7. The molecule has 0 bridgehead atoms. The molecule has 0 saturated carbocycles. The number of ether oxygens (including phenoxy) is 2. The minimum absolute atomic E-state index is 0.231. The number of anilines is 1. The van der Waals surface area contributed by atoms with Gasteiger partial charge in [-0.1, -0.05) is 23.2 Å². The number of nitrogens with zero attached hydrogens (tertiary/aromatic N) is 2. The summed E-state index contributed by atoms with van der Waals surface area (Å²) in [6.07, 6.45) is 0.591. The predicted octanol–water partition coefficient (Wildman–Crippen LogP) is 5.35. The lowest BCUT2D eigenvalue weighted by atomic mass is 9.92. The molecule has 3 aliphatic rings. The van der Waals surface area contributed by atoms with Crippen molar-refractivity contribution < 1.29 is 14.3 Å². The van der Waals surface area contributed by atoms with Gasteiger partial charge < -0.3 is 14.8 Å². The fourth-order valence-corrected chi connectivity index (χ4v) is 5.00. The van der Waals surface area contributed by atoms with Gasteiger partial charge in [0.05, 0.1) is 30.1 Å². The smallest absolute Gasteiger partial charge is 0.306 e. The summed E-state index contributed by atoms with van der Waals surface area (Å²) >= 11 is 12.6. The highest BCUT2D eigenvalue weighted by Crippen LogP contribution is 2.54. The Morgan fingerprint density at radius 2 is 1.84 bits per heavy atom. The van der Waals surface area contributed by atoms with Crippen molar-refractivity contribution in [3.05, 3.63) is 87.4 Å². The number of carbonyl (C=O) groups excluding carboxylic acids is 1. The number of methoxy groups -OCH3 is 1. The maximum Gasteiger partial charge on any atom is 0.306 e. The number of carbonyl (C=O) groups is 1. The number of hydrogen-bond acceptors (Lipinski definition) is 5. The summed E-state index contributed by atoms with van der Waals surface area (Å²) in [4.78, 5) is 13.4. The van der Waals surface area contributed by atoms with Crippen LogP contribution in [0.5, 0.6) is 11.5 Å². The zero-order chi connectivity index (χ0) is 22.0. The molecule has 0 aliphatic carbocycles. The standard InChI is InChI=1S/C24H17Cl2N3O3/c1-31-16-6-2-13(3-7-16)20-12-21-17-10-14(25)5-9-22(17)32-24(29(21)28-20)18-11-15(26)4-8-19(18)27-23(24)30/h2-11,21H,12H2,1H3,(H,27,30)/t21-,24+/m1/s1. The average molecular weight is 466 g/mol. The summed E-state index contributed by atoms with van der Waals surface area (Å²) in [6.45, 7) is 0. The van der Waals surface area contributed by atoms with E-state index in [2.05, 4.69) is 5.32 Å². The minimum Gasteiger partial charge on any atom is -0.497 e. The molecule has 1 amide bonds. The summed E-state index contributed by atoms with van der Waals surface area (Å²) in [5, 5.41) is 10.7. The molecule has 0 saturated heterocycles. The van der Waals surface area contributed by atoms with Crippen LogP contribution in [0.3, 0.4) is 0 Å². The first-order valence-corrected chi connectivity index (χ1v) is 10.9. The molecule has 0 unspecified atom stereocenters. The van der Waals surface area contributed by atoms with Gasteiger partial charge in [0.2, 0.25) is 0 Å². The number of benzene rings is 3. The zero-order valence-electron chi connectivity index (χ0n) is 16.9. The highest BCUT2D eigenvalue weighted by atomic mass is 35.5. The van der Waals surface area contributed by atoms with E-state index < -0.39 is 5.72 Å². The van der Waals surface area contributed by atoms with Gasteiger partial charge >= 0.3 is 5.72 Å². The highest BCUT2D eigenvalue weighted by molar-refractivity contribution is 6.31. The van der Waals surface area contributed by atoms with E-state index in [-0.39, 0.29) is 11.9 Å². The Labute approximate surface area is 194 Å². The lowest BCUT2D eigenvalue weighted by Crippen LogP contribution is -2.55. The Bertz CT molecular complexity index is 1310. The van der Waals surface area contributed by atoms with Gasteiger partial charge in [0.15, 0.2) is 0 Å². The van der Waals surface area contributed by atoms with Crippen LogP contribution in [-0.2, 0) is 10.5 Å². The molecule has 2 atom stereocenters. The second-order valence-corrected chi connectivity index (χ2v) is 8.78. The van der Waals surface area contributed by atoms with Crippen molar-refractivity contribution in [1.82, 2.24) is 5.01 Å². The second kappa shape index (κ2) is 6.89. The molecule has 6 rings (SSSR count). The number of hydrogen-bond donors (Lipinski definition) is 1. The summed E-state index contributed by atoms with van der Waals surface area (Å²) in [6, 6.07) is 18.2. The van der Waals surface area contributed by atoms with Crippen molar-refractivity contribution in [1.29, 1.82) is 0 Å². The molecule has 1 N–H and O–H groups in total. The SMILES string of the molecule is COc1ccc(C2=NN3[C@H](C2)c2cc(Cl)ccc2O[C@@]32C(=O)Nc3ccc(Cl)cc32)cc1. The predicted molar refractivity (Wildman–Crippen MR) is 123 cm³/mol. The van der Waals surface area contributed by atoms with Crippen molar-refractivity contribution in [3.8, 4) is 11.5 Å². The molecule has 3 aromatic carbocycles. The molecule has 6 nitrogen and oxygen atoms in total. The van der Waals surface area contributed by atoms with Gasteiger partial charge in [-0.3, -0.25) is 4.79 Å². The Balaban J connectivity index is 1.55. The van der Waals surface area contributed by atoms with Gasteiger partial charge in [-0.2, -0.15) is 5.10 Å². The number of rotatable bonds is 2. The number of halogens is 2. The largest absolute Gasteiger partial charge is 0.497 e. The Kier molecular flexibility index (Phi) is 4.19. The second-order valence-electron chi connectivity index (χ2n) is 7.91. The molecule has 3 aromatic rings. The molecular formula is C24H17Cl2N3O3. The monoisotopic (exact) mass is 465 g/mol. The third kappa shape index (κ3) is 2.66. The molecule has 1 spiro atoms. The van der Waals surface area contributed by atoms with E-state index in [0.29, 0.717) is 33.5 Å². The Morgan fingerprint density at radius 3 is 2.62 bits per heavy atom. The van der Waals surface area contributed by atoms with Crippen LogP contribution in [0.4, 0.5) is 5.69 Å². The van der Waals surface area contributed by atoms with Crippen molar-refractivity contribution in [3.63, 3.8) is 0 Å². The van der Waals surface area contributed by atoms with E-state index >= 15 is 0 Å². The van der Waals surface area contributed by atoms with Crippen LogP contribution in [0.2, 0.25) is 10.0 Å². The van der Waals surface area contributed by atoms with E-state index in [0.717, 1.165) is 22.6 Å². The lowest BCUT2D eigenvalue weighted by Gasteiger charge is -2.44. The van der Waals surface area contributed by atoms with Crippen LogP contribution in [0.1, 0.15) is 29.2 Å². The topological polar surface area (TPSA) is 63.2 Å². The van der Waals surface area contributed by atoms with Gasteiger partial charge in [0.1, 0.15) is 11.5 Å². The fourth-order valence-electron chi connectivity index (χ4n) is 4.64. The highest BCUT2D eigenvalue weighted by Gasteiger charge is 2.61. The van der Waals surface area contributed by atoms with Gasteiger partial charge in [-0.15, -0.1) is 0 Å². The Morgan fingerprint density at radius 1 is 1.09 bits per heavy atom. The summed E-state index contributed by atoms with van der Waals surface area (Å²) in [5.41, 5.74) is 2.52. The van der Waals surface area contributed by atoms with E-state index in [4.69, 9.17) is 37.8 Å². The van der Waals surface area contributed by atoms with Crippen LogP contribution in [0.25, 0.3) is 0 Å². The molecule has 3 heterocycles. The molecule has 8 heteroatoms. The van der Waals surface area contributed by atoms with Crippen LogP contribution >= 0.6 is 23.2 Å². The third-order valence-electron chi connectivity index (χ3n) is 6.15. The normalized spacial score (nSPS) is 22.6. The van der Waals surface area contributed by atoms with Crippen molar-refractivity contribution in [2.24, 2.45) is 5.10 Å². The minimum atomic E-state index is -1.46. The first-order valence-electron chi connectivity index (χ1n) is 10.1. The third-order valence-corrected chi connectivity index (χ3v) is 6.62. The van der Waals surface area contributed by atoms with Crippen LogP contribution in [0, 0.1) is 0 Å².